The van der Waals surface area contributed by atoms with E-state index in [1.54, 1.807) is 0 Å². The average Bonchev–Trinajstić information content (AvgIpc) is 2.37. The van der Waals surface area contributed by atoms with E-state index < -0.39 is 20.7 Å². The lowest BCUT2D eigenvalue weighted by atomic mass is 10.4. The third kappa shape index (κ3) is 3.14. The Bertz CT molecular complexity index is 739. The van der Waals surface area contributed by atoms with Crippen LogP contribution >= 0.6 is 11.6 Å². The van der Waals surface area contributed by atoms with Gasteiger partial charge in [-0.1, -0.05) is 23.7 Å². The van der Waals surface area contributed by atoms with Gasteiger partial charge in [-0.25, -0.2) is 22.5 Å². The van der Waals surface area contributed by atoms with Crippen molar-refractivity contribution in [2.75, 3.05) is 11.8 Å². The highest BCUT2D eigenvalue weighted by molar-refractivity contribution is 7.92. The van der Waals surface area contributed by atoms with E-state index in [2.05, 4.69) is 9.97 Å². The lowest BCUT2D eigenvalue weighted by Crippen LogP contribution is -2.16. The molecular weight excluding hydrogens is 309 g/mol. The number of methoxy groups -OCH3 is 1. The topological polar surface area (TPSA) is 81.2 Å². The van der Waals surface area contributed by atoms with Crippen molar-refractivity contribution in [3.05, 3.63) is 41.3 Å². The fourth-order valence-electron chi connectivity index (χ4n) is 1.39. The Morgan fingerprint density at radius 2 is 2.00 bits per heavy atom. The first-order chi connectivity index (χ1) is 9.42. The van der Waals surface area contributed by atoms with Crippen molar-refractivity contribution in [2.24, 2.45) is 0 Å². The predicted molar refractivity (Wildman–Crippen MR) is 70.8 cm³/mol. The number of ether oxygens (including phenoxy) is 1. The number of aromatic nitrogens is 2. The van der Waals surface area contributed by atoms with E-state index in [0.717, 1.165) is 12.1 Å². The molecule has 6 nitrogen and oxygen atoms in total. The van der Waals surface area contributed by atoms with Gasteiger partial charge in [-0.15, -0.1) is 0 Å². The molecule has 1 aromatic heterocycles. The molecule has 1 N–H and O–H groups in total. The lowest BCUT2D eigenvalue weighted by molar-refractivity contribution is 0.397. The normalized spacial score (nSPS) is 11.2. The second-order valence-corrected chi connectivity index (χ2v) is 5.63. The lowest BCUT2D eigenvalue weighted by Gasteiger charge is -2.08. The summed E-state index contributed by atoms with van der Waals surface area (Å²) >= 11 is 5.69. The van der Waals surface area contributed by atoms with E-state index in [0.29, 0.717) is 0 Å². The van der Waals surface area contributed by atoms with Crippen LogP contribution in [0.4, 0.5) is 10.3 Å². The highest BCUT2D eigenvalue weighted by Crippen LogP contribution is 2.20. The maximum Gasteiger partial charge on any atom is 0.267 e. The standard InChI is InChI=1S/C11H9ClFN3O3S/c1-19-10-6-9(12)14-11(15-10)16-20(17,18)8-5-3-2-4-7(8)13/h2-6H,1H3,(H,14,15,16). The van der Waals surface area contributed by atoms with E-state index in [-0.39, 0.29) is 17.0 Å². The fraction of sp³-hybridized carbons (Fsp3) is 0.0909. The Hall–Kier alpha value is -1.93. The summed E-state index contributed by atoms with van der Waals surface area (Å²) in [5.74, 6) is -1.11. The van der Waals surface area contributed by atoms with Crippen LogP contribution in [0.15, 0.2) is 35.2 Å². The van der Waals surface area contributed by atoms with Gasteiger partial charge in [0.15, 0.2) is 0 Å². The third-order valence-electron chi connectivity index (χ3n) is 2.23. The molecule has 0 atom stereocenters. The van der Waals surface area contributed by atoms with Gasteiger partial charge in [-0.3, -0.25) is 0 Å². The van der Waals surface area contributed by atoms with E-state index in [9.17, 15) is 12.8 Å². The van der Waals surface area contributed by atoms with Crippen molar-refractivity contribution in [3.63, 3.8) is 0 Å². The molecule has 106 valence electrons. The number of nitrogens with zero attached hydrogens (tertiary/aromatic N) is 2. The summed E-state index contributed by atoms with van der Waals surface area (Å²) in [6, 6.07) is 6.25. The minimum Gasteiger partial charge on any atom is -0.481 e. The molecule has 2 aromatic rings. The minimum atomic E-state index is -4.15. The quantitative estimate of drug-likeness (QED) is 0.873. The molecule has 0 aliphatic rings. The number of anilines is 1. The number of halogens is 2. The molecule has 0 unspecified atom stereocenters. The molecule has 0 aliphatic heterocycles. The molecule has 1 heterocycles. The van der Waals surface area contributed by atoms with Crippen molar-refractivity contribution in [1.82, 2.24) is 9.97 Å². The van der Waals surface area contributed by atoms with E-state index in [4.69, 9.17) is 16.3 Å². The van der Waals surface area contributed by atoms with E-state index in [1.165, 1.54) is 25.3 Å². The fourth-order valence-corrected chi connectivity index (χ4v) is 2.58. The highest BCUT2D eigenvalue weighted by Gasteiger charge is 2.20. The van der Waals surface area contributed by atoms with Crippen molar-refractivity contribution in [1.29, 1.82) is 0 Å². The molecular formula is C11H9ClFN3O3S. The van der Waals surface area contributed by atoms with Gasteiger partial charge in [0.1, 0.15) is 15.9 Å². The Kier molecular flexibility index (Phi) is 4.05. The van der Waals surface area contributed by atoms with Crippen molar-refractivity contribution in [3.8, 4) is 5.88 Å². The smallest absolute Gasteiger partial charge is 0.267 e. The van der Waals surface area contributed by atoms with Gasteiger partial charge >= 0.3 is 0 Å². The molecule has 20 heavy (non-hydrogen) atoms. The molecule has 0 bridgehead atoms. The molecule has 0 saturated carbocycles. The maximum atomic E-state index is 13.5. The Balaban J connectivity index is 2.38. The second kappa shape index (κ2) is 5.59. The summed E-state index contributed by atoms with van der Waals surface area (Å²) in [6.07, 6.45) is 0. The number of nitrogens with one attached hydrogen (secondary N) is 1. The van der Waals surface area contributed by atoms with Crippen LogP contribution in [-0.2, 0) is 10.0 Å². The molecule has 9 heteroatoms. The van der Waals surface area contributed by atoms with Gasteiger partial charge in [-0.05, 0) is 12.1 Å². The number of benzene rings is 1. The van der Waals surface area contributed by atoms with Gasteiger partial charge in [0.25, 0.3) is 10.0 Å². The first-order valence-corrected chi connectivity index (χ1v) is 7.14. The summed E-state index contributed by atoms with van der Waals surface area (Å²) in [6.45, 7) is 0. The zero-order valence-electron chi connectivity index (χ0n) is 10.2. The molecule has 0 aliphatic carbocycles. The SMILES string of the molecule is COc1cc(Cl)nc(NS(=O)(=O)c2ccccc2F)n1. The number of hydrogen-bond acceptors (Lipinski definition) is 5. The van der Waals surface area contributed by atoms with Crippen molar-refractivity contribution >= 4 is 27.6 Å². The molecule has 0 saturated heterocycles. The Morgan fingerprint density at radius 3 is 2.65 bits per heavy atom. The van der Waals surface area contributed by atoms with Crippen LogP contribution in [-0.4, -0.2) is 25.5 Å². The van der Waals surface area contributed by atoms with Crippen LogP contribution in [0.3, 0.4) is 0 Å². The van der Waals surface area contributed by atoms with Crippen LogP contribution < -0.4 is 9.46 Å². The van der Waals surface area contributed by atoms with Crippen LogP contribution in [0, 0.1) is 5.82 Å². The first-order valence-electron chi connectivity index (χ1n) is 5.28. The molecule has 1 aromatic carbocycles. The van der Waals surface area contributed by atoms with Gasteiger partial charge in [-0.2, -0.15) is 4.98 Å². The van der Waals surface area contributed by atoms with Crippen LogP contribution in [0.5, 0.6) is 5.88 Å². The average molecular weight is 318 g/mol. The summed E-state index contributed by atoms with van der Waals surface area (Å²) in [7, 11) is -2.81. The van der Waals surface area contributed by atoms with Gasteiger partial charge in [0.2, 0.25) is 11.8 Å². The van der Waals surface area contributed by atoms with E-state index in [1.807, 2.05) is 4.72 Å². The van der Waals surface area contributed by atoms with Crippen LogP contribution in [0.2, 0.25) is 5.15 Å². The summed E-state index contributed by atoms with van der Waals surface area (Å²) in [4.78, 5) is 6.93. The van der Waals surface area contributed by atoms with Crippen LogP contribution in [0.1, 0.15) is 0 Å². The molecule has 0 spiro atoms. The zero-order valence-corrected chi connectivity index (χ0v) is 11.7. The molecule has 0 amide bonds. The van der Waals surface area contributed by atoms with Gasteiger partial charge in [0, 0.05) is 6.07 Å². The Morgan fingerprint density at radius 1 is 1.30 bits per heavy atom. The number of hydrogen-bond donors (Lipinski definition) is 1. The van der Waals surface area contributed by atoms with Crippen molar-refractivity contribution < 1.29 is 17.5 Å². The van der Waals surface area contributed by atoms with Crippen LogP contribution in [0.25, 0.3) is 0 Å². The van der Waals surface area contributed by atoms with Gasteiger partial charge in [0.05, 0.1) is 7.11 Å². The highest BCUT2D eigenvalue weighted by atomic mass is 35.5. The predicted octanol–water partition coefficient (Wildman–Crippen LogP) is 2.08. The number of sulfonamides is 1. The monoisotopic (exact) mass is 317 g/mol. The summed E-state index contributed by atoms with van der Waals surface area (Å²) in [5.41, 5.74) is 0. The Labute approximate surface area is 119 Å². The molecule has 0 fully saturated rings. The zero-order chi connectivity index (χ0) is 14.8. The van der Waals surface area contributed by atoms with E-state index >= 15 is 0 Å². The third-order valence-corrected chi connectivity index (χ3v) is 3.79. The second-order valence-electron chi connectivity index (χ2n) is 3.59. The molecule has 0 radical (unpaired) electrons. The first kappa shape index (κ1) is 14.5. The molecule has 2 rings (SSSR count). The minimum absolute atomic E-state index is 0.0110. The maximum absolute atomic E-state index is 13.5. The van der Waals surface area contributed by atoms with Crippen molar-refractivity contribution in [2.45, 2.75) is 4.90 Å². The summed E-state index contributed by atoms with van der Waals surface area (Å²) < 4.78 is 44.4. The summed E-state index contributed by atoms with van der Waals surface area (Å²) in [5, 5.41) is -0.0110. The largest absolute Gasteiger partial charge is 0.481 e. The number of rotatable bonds is 4. The van der Waals surface area contributed by atoms with Gasteiger partial charge < -0.3 is 4.74 Å².